The minimum Gasteiger partial charge on any atom is -0.475 e. The predicted octanol–water partition coefficient (Wildman–Crippen LogP) is 1.73. The van der Waals surface area contributed by atoms with Gasteiger partial charge in [0.05, 0.1) is 5.69 Å². The SMILES string of the molecule is Cn1nccc1C1=CCN(C(=O)NCC2(N)CCC2)CC1.O=C(O)C(F)(F)F. The van der Waals surface area contributed by atoms with Crippen LogP contribution in [-0.4, -0.2) is 63.1 Å². The molecule has 0 unspecified atom stereocenters. The lowest BCUT2D eigenvalue weighted by Gasteiger charge is -2.38. The van der Waals surface area contributed by atoms with E-state index < -0.39 is 12.1 Å². The molecule has 1 aromatic rings. The van der Waals surface area contributed by atoms with Gasteiger partial charge in [0.25, 0.3) is 0 Å². The summed E-state index contributed by atoms with van der Waals surface area (Å²) >= 11 is 0. The molecule has 4 N–H and O–H groups in total. The number of hydrogen-bond donors (Lipinski definition) is 3. The Bertz CT molecular complexity index is 741. The summed E-state index contributed by atoms with van der Waals surface area (Å²) in [5, 5.41) is 14.3. The van der Waals surface area contributed by atoms with Gasteiger partial charge >= 0.3 is 18.2 Å². The molecule has 0 bridgehead atoms. The van der Waals surface area contributed by atoms with Gasteiger partial charge in [-0.1, -0.05) is 6.08 Å². The molecule has 2 amide bonds. The van der Waals surface area contributed by atoms with Crippen LogP contribution >= 0.6 is 0 Å². The van der Waals surface area contributed by atoms with Crippen molar-refractivity contribution in [3.63, 3.8) is 0 Å². The highest BCUT2D eigenvalue weighted by molar-refractivity contribution is 5.76. The first-order valence-electron chi connectivity index (χ1n) is 8.81. The number of nitrogens with one attached hydrogen (secondary N) is 1. The van der Waals surface area contributed by atoms with E-state index in [-0.39, 0.29) is 11.6 Å². The van der Waals surface area contributed by atoms with Gasteiger partial charge in [-0.05, 0) is 37.3 Å². The second-order valence-corrected chi connectivity index (χ2v) is 6.94. The molecule has 1 fully saturated rings. The number of aliphatic carboxylic acids is 1. The van der Waals surface area contributed by atoms with Crippen LogP contribution in [0.15, 0.2) is 18.3 Å². The molecule has 1 aliphatic carbocycles. The number of amides is 2. The van der Waals surface area contributed by atoms with E-state index in [1.165, 1.54) is 12.0 Å². The lowest BCUT2D eigenvalue weighted by atomic mass is 9.78. The Morgan fingerprint density at radius 1 is 1.39 bits per heavy atom. The molecule has 8 nitrogen and oxygen atoms in total. The first-order valence-corrected chi connectivity index (χ1v) is 8.81. The molecule has 2 aliphatic rings. The van der Waals surface area contributed by atoms with Crippen molar-refractivity contribution < 1.29 is 27.9 Å². The van der Waals surface area contributed by atoms with Gasteiger partial charge in [0.15, 0.2) is 0 Å². The third-order valence-corrected chi connectivity index (χ3v) is 4.83. The number of carbonyl (C=O) groups is 2. The number of halogens is 3. The van der Waals surface area contributed by atoms with Gasteiger partial charge in [0.2, 0.25) is 0 Å². The van der Waals surface area contributed by atoms with Crippen molar-refractivity contribution >= 4 is 17.6 Å². The molecule has 1 aromatic heterocycles. The van der Waals surface area contributed by atoms with Crippen LogP contribution in [-0.2, 0) is 11.8 Å². The van der Waals surface area contributed by atoms with Crippen molar-refractivity contribution in [2.24, 2.45) is 12.8 Å². The van der Waals surface area contributed by atoms with Crippen molar-refractivity contribution in [2.75, 3.05) is 19.6 Å². The summed E-state index contributed by atoms with van der Waals surface area (Å²) in [5.41, 5.74) is 8.35. The first kappa shape index (κ1) is 21.7. The average Bonchev–Trinajstić information content (AvgIpc) is 3.04. The summed E-state index contributed by atoms with van der Waals surface area (Å²) in [5.74, 6) is -2.76. The Labute approximate surface area is 160 Å². The molecule has 28 heavy (non-hydrogen) atoms. The van der Waals surface area contributed by atoms with Crippen molar-refractivity contribution in [2.45, 2.75) is 37.4 Å². The summed E-state index contributed by atoms with van der Waals surface area (Å²) in [6, 6.07) is 2.00. The highest BCUT2D eigenvalue weighted by atomic mass is 19.4. The first-order chi connectivity index (χ1) is 13.0. The zero-order chi connectivity index (χ0) is 20.9. The molecule has 11 heteroatoms. The monoisotopic (exact) mass is 403 g/mol. The fraction of sp³-hybridized carbons (Fsp3) is 0.588. The Morgan fingerprint density at radius 2 is 2.04 bits per heavy atom. The molecule has 3 rings (SSSR count). The lowest BCUT2D eigenvalue weighted by Crippen LogP contribution is -2.56. The van der Waals surface area contributed by atoms with Gasteiger partial charge < -0.3 is 21.1 Å². The van der Waals surface area contributed by atoms with Crippen molar-refractivity contribution in [3.8, 4) is 0 Å². The van der Waals surface area contributed by atoms with Gasteiger partial charge in [-0.15, -0.1) is 0 Å². The number of alkyl halides is 3. The molecule has 2 heterocycles. The maximum Gasteiger partial charge on any atom is 0.490 e. The van der Waals surface area contributed by atoms with Gasteiger partial charge in [0, 0.05) is 38.4 Å². The predicted molar refractivity (Wildman–Crippen MR) is 95.2 cm³/mol. The van der Waals surface area contributed by atoms with E-state index in [2.05, 4.69) is 16.5 Å². The zero-order valence-electron chi connectivity index (χ0n) is 15.5. The quantitative estimate of drug-likeness (QED) is 0.711. The van der Waals surface area contributed by atoms with E-state index in [4.69, 9.17) is 15.6 Å². The van der Waals surface area contributed by atoms with E-state index in [1.54, 1.807) is 6.20 Å². The molecule has 1 saturated carbocycles. The Kier molecular flexibility index (Phi) is 6.70. The van der Waals surface area contributed by atoms with Crippen molar-refractivity contribution in [3.05, 3.63) is 24.0 Å². The molecule has 0 spiro atoms. The topological polar surface area (TPSA) is 113 Å². The van der Waals surface area contributed by atoms with Crippen LogP contribution in [0.4, 0.5) is 18.0 Å². The van der Waals surface area contributed by atoms with Gasteiger partial charge in [-0.25, -0.2) is 9.59 Å². The summed E-state index contributed by atoms with van der Waals surface area (Å²) < 4.78 is 33.6. The van der Waals surface area contributed by atoms with E-state index in [0.717, 1.165) is 31.5 Å². The minimum absolute atomic E-state index is 0.00738. The number of carbonyl (C=O) groups excluding carboxylic acids is 1. The number of rotatable bonds is 3. The number of hydrogen-bond acceptors (Lipinski definition) is 4. The number of aryl methyl sites for hydroxylation is 1. The van der Waals surface area contributed by atoms with Gasteiger partial charge in [-0.2, -0.15) is 18.3 Å². The van der Waals surface area contributed by atoms with Crippen LogP contribution < -0.4 is 11.1 Å². The third kappa shape index (κ3) is 5.72. The highest BCUT2D eigenvalue weighted by Gasteiger charge is 2.38. The summed E-state index contributed by atoms with van der Waals surface area (Å²) in [6.45, 7) is 1.96. The molecule has 0 radical (unpaired) electrons. The molecule has 156 valence electrons. The molecular weight excluding hydrogens is 379 g/mol. The maximum atomic E-state index is 12.2. The molecule has 0 aromatic carbocycles. The molecular formula is C17H24F3N5O3. The number of carboxylic acids is 1. The smallest absolute Gasteiger partial charge is 0.475 e. The number of urea groups is 1. The number of carboxylic acid groups (broad SMARTS) is 1. The summed E-state index contributed by atoms with van der Waals surface area (Å²) in [6.07, 6.45) is 2.89. The van der Waals surface area contributed by atoms with Crippen LogP contribution in [0.25, 0.3) is 5.57 Å². The fourth-order valence-electron chi connectivity index (χ4n) is 2.95. The van der Waals surface area contributed by atoms with E-state index in [9.17, 15) is 18.0 Å². The largest absolute Gasteiger partial charge is 0.490 e. The molecule has 1 aliphatic heterocycles. The van der Waals surface area contributed by atoms with Crippen molar-refractivity contribution in [1.29, 1.82) is 0 Å². The van der Waals surface area contributed by atoms with E-state index >= 15 is 0 Å². The van der Waals surface area contributed by atoms with Gasteiger partial charge in [0.1, 0.15) is 0 Å². The van der Waals surface area contributed by atoms with Crippen LogP contribution in [0.3, 0.4) is 0 Å². The van der Waals surface area contributed by atoms with Crippen LogP contribution in [0.5, 0.6) is 0 Å². The average molecular weight is 403 g/mol. The normalized spacial score (nSPS) is 18.3. The maximum absolute atomic E-state index is 12.2. The molecule has 0 saturated heterocycles. The van der Waals surface area contributed by atoms with Gasteiger partial charge in [-0.3, -0.25) is 4.68 Å². The van der Waals surface area contributed by atoms with E-state index in [0.29, 0.717) is 13.1 Å². The third-order valence-electron chi connectivity index (χ3n) is 4.83. The fourth-order valence-corrected chi connectivity index (χ4v) is 2.95. The van der Waals surface area contributed by atoms with Crippen LogP contribution in [0.1, 0.15) is 31.4 Å². The number of nitrogens with two attached hydrogens (primary N) is 1. The minimum atomic E-state index is -5.08. The van der Waals surface area contributed by atoms with Crippen LogP contribution in [0, 0.1) is 0 Å². The van der Waals surface area contributed by atoms with E-state index in [1.807, 2.05) is 22.7 Å². The molecule has 0 atom stereocenters. The second-order valence-electron chi connectivity index (χ2n) is 6.94. The van der Waals surface area contributed by atoms with Crippen LogP contribution in [0.2, 0.25) is 0 Å². The Balaban J connectivity index is 0.000000345. The lowest BCUT2D eigenvalue weighted by molar-refractivity contribution is -0.192. The van der Waals surface area contributed by atoms with Crippen molar-refractivity contribution in [1.82, 2.24) is 20.0 Å². The highest BCUT2D eigenvalue weighted by Crippen LogP contribution is 2.28. The second kappa shape index (κ2) is 8.63. The summed E-state index contributed by atoms with van der Waals surface area (Å²) in [7, 11) is 1.94. The standard InChI is InChI=1S/C15H23N5O.C2HF3O2/c1-19-13(3-8-18-19)12-4-9-20(10-5-12)14(21)17-11-15(16)6-2-7-15;3-2(4,5)1(6)7/h3-4,8H,2,5-7,9-11,16H2,1H3,(H,17,21);(H,6,7). The number of aromatic nitrogens is 2. The summed E-state index contributed by atoms with van der Waals surface area (Å²) in [4.78, 5) is 22.9. The zero-order valence-corrected chi connectivity index (χ0v) is 15.5. The number of nitrogens with zero attached hydrogens (tertiary/aromatic N) is 3. The Hall–Kier alpha value is -2.56. The Morgan fingerprint density at radius 3 is 2.43 bits per heavy atom.